The monoisotopic (exact) mass is 394 g/mol. The summed E-state index contributed by atoms with van der Waals surface area (Å²) in [5.41, 5.74) is 2.30. The number of carbonyl (C=O) groups excluding carboxylic acids is 1. The number of nitrogens with zero attached hydrogens (tertiary/aromatic N) is 3. The van der Waals surface area contributed by atoms with E-state index in [1.54, 1.807) is 6.07 Å². The van der Waals surface area contributed by atoms with E-state index in [2.05, 4.69) is 31.4 Å². The Kier molecular flexibility index (Phi) is 5.42. The molecule has 0 radical (unpaired) electrons. The van der Waals surface area contributed by atoms with Crippen LogP contribution in [0.4, 0.5) is 5.69 Å². The van der Waals surface area contributed by atoms with E-state index in [0.29, 0.717) is 4.47 Å². The smallest absolute Gasteiger partial charge is 0.315 e. The Hall–Kier alpha value is -3.01. The van der Waals surface area contributed by atoms with Crippen molar-refractivity contribution in [1.29, 1.82) is 0 Å². The van der Waals surface area contributed by atoms with Crippen molar-refractivity contribution in [2.75, 3.05) is 7.11 Å². The van der Waals surface area contributed by atoms with Crippen molar-refractivity contribution in [3.05, 3.63) is 56.3 Å². The Balaban J connectivity index is 2.18. The molecular weight excluding hydrogens is 384 g/mol. The van der Waals surface area contributed by atoms with Crippen molar-refractivity contribution in [3.8, 4) is 11.5 Å². The van der Waals surface area contributed by atoms with Crippen molar-refractivity contribution in [2.24, 2.45) is 5.10 Å². The number of ether oxygens (including phenoxy) is 1. The van der Waals surface area contributed by atoms with Gasteiger partial charge in [-0.2, -0.15) is 5.10 Å². The molecule has 10 heteroatoms. The van der Waals surface area contributed by atoms with Crippen LogP contribution in [0.25, 0.3) is 0 Å². The lowest BCUT2D eigenvalue weighted by molar-refractivity contribution is -0.386. The number of amides is 1. The summed E-state index contributed by atoms with van der Waals surface area (Å²) in [6.45, 7) is 0. The average Bonchev–Trinajstić information content (AvgIpc) is 2.55. The topological polar surface area (TPSA) is 127 Å². The first-order chi connectivity index (χ1) is 11.4. The molecule has 0 saturated heterocycles. The third-order valence-corrected chi connectivity index (χ3v) is 3.27. The van der Waals surface area contributed by atoms with Gasteiger partial charge in [-0.25, -0.2) is 5.43 Å². The second kappa shape index (κ2) is 7.51. The van der Waals surface area contributed by atoms with Gasteiger partial charge in [0.1, 0.15) is 0 Å². The maximum absolute atomic E-state index is 11.9. The number of methoxy groups -OCH3 is 1. The molecule has 1 heterocycles. The van der Waals surface area contributed by atoms with Gasteiger partial charge in [-0.15, -0.1) is 0 Å². The van der Waals surface area contributed by atoms with Crippen molar-refractivity contribution in [3.63, 3.8) is 0 Å². The van der Waals surface area contributed by atoms with E-state index in [1.165, 1.54) is 31.8 Å². The molecule has 0 aliphatic carbocycles. The normalized spacial score (nSPS) is 10.6. The first-order valence-corrected chi connectivity index (χ1v) is 7.21. The molecule has 0 bridgehead atoms. The van der Waals surface area contributed by atoms with E-state index in [1.807, 2.05) is 0 Å². The highest BCUT2D eigenvalue weighted by molar-refractivity contribution is 9.10. The van der Waals surface area contributed by atoms with Crippen LogP contribution in [0.15, 0.2) is 40.2 Å². The zero-order valence-corrected chi connectivity index (χ0v) is 13.8. The molecule has 0 saturated carbocycles. The molecule has 1 aromatic carbocycles. The van der Waals surface area contributed by atoms with Crippen molar-refractivity contribution in [1.82, 2.24) is 10.4 Å². The predicted octanol–water partition coefficient (Wildman–Crippen LogP) is 2.23. The van der Waals surface area contributed by atoms with E-state index >= 15 is 0 Å². The highest BCUT2D eigenvalue weighted by Crippen LogP contribution is 2.36. The second-order valence-electron chi connectivity index (χ2n) is 4.44. The standard InChI is InChI=1S/C14H11BrN4O5/c1-24-12-3-8(2-11(13(12)20)19(22)23)5-17-18-14(21)9-4-10(15)7-16-6-9/h2-7,20H,1H3,(H,18,21)/b17-5+. The third-order valence-electron chi connectivity index (χ3n) is 2.84. The highest BCUT2D eigenvalue weighted by atomic mass is 79.9. The zero-order valence-electron chi connectivity index (χ0n) is 12.3. The summed E-state index contributed by atoms with van der Waals surface area (Å²) in [4.78, 5) is 25.9. The number of hydrogen-bond acceptors (Lipinski definition) is 7. The lowest BCUT2D eigenvalue weighted by Gasteiger charge is -2.05. The fraction of sp³-hybridized carbons (Fsp3) is 0.0714. The molecule has 124 valence electrons. The zero-order chi connectivity index (χ0) is 17.7. The molecule has 0 fully saturated rings. The Morgan fingerprint density at radius 3 is 2.83 bits per heavy atom. The molecule has 2 aromatic rings. The van der Waals surface area contributed by atoms with Crippen LogP contribution in [0.1, 0.15) is 15.9 Å². The molecule has 0 spiro atoms. The Labute approximate surface area is 144 Å². The number of pyridine rings is 1. The van der Waals surface area contributed by atoms with Gasteiger partial charge in [0, 0.05) is 28.5 Å². The third kappa shape index (κ3) is 4.04. The Morgan fingerprint density at radius 1 is 1.46 bits per heavy atom. The van der Waals surface area contributed by atoms with E-state index < -0.39 is 22.3 Å². The van der Waals surface area contributed by atoms with Gasteiger partial charge in [0.2, 0.25) is 5.75 Å². The molecular formula is C14H11BrN4O5. The molecule has 24 heavy (non-hydrogen) atoms. The minimum absolute atomic E-state index is 0.0758. The summed E-state index contributed by atoms with van der Waals surface area (Å²) < 4.78 is 5.51. The highest BCUT2D eigenvalue weighted by Gasteiger charge is 2.19. The molecule has 0 atom stereocenters. The van der Waals surface area contributed by atoms with Crippen molar-refractivity contribution in [2.45, 2.75) is 0 Å². The van der Waals surface area contributed by atoms with Crippen LogP contribution >= 0.6 is 15.9 Å². The number of hydrazone groups is 1. The van der Waals surface area contributed by atoms with Crippen molar-refractivity contribution >= 4 is 33.7 Å². The van der Waals surface area contributed by atoms with Gasteiger partial charge in [-0.05, 0) is 28.1 Å². The van der Waals surface area contributed by atoms with Gasteiger partial charge in [-0.3, -0.25) is 19.9 Å². The molecule has 9 nitrogen and oxygen atoms in total. The number of rotatable bonds is 5. The van der Waals surface area contributed by atoms with Gasteiger partial charge in [-0.1, -0.05) is 0 Å². The number of phenolic OH excluding ortho intramolecular Hbond substituents is 1. The maximum atomic E-state index is 11.9. The first-order valence-electron chi connectivity index (χ1n) is 6.41. The first kappa shape index (κ1) is 17.3. The van der Waals surface area contributed by atoms with Crippen LogP contribution in [0.3, 0.4) is 0 Å². The van der Waals surface area contributed by atoms with Crippen LogP contribution < -0.4 is 10.2 Å². The van der Waals surface area contributed by atoms with Gasteiger partial charge < -0.3 is 9.84 Å². The summed E-state index contributed by atoms with van der Waals surface area (Å²) in [6, 6.07) is 4.01. The fourth-order valence-corrected chi connectivity index (χ4v) is 2.11. The van der Waals surface area contributed by atoms with Gasteiger partial charge in [0.05, 0.1) is 23.8 Å². The number of halogens is 1. The summed E-state index contributed by atoms with van der Waals surface area (Å²) in [5, 5.41) is 24.3. The lowest BCUT2D eigenvalue weighted by Crippen LogP contribution is -2.17. The van der Waals surface area contributed by atoms with Crippen LogP contribution in [0, 0.1) is 10.1 Å². The van der Waals surface area contributed by atoms with Gasteiger partial charge >= 0.3 is 5.69 Å². The van der Waals surface area contributed by atoms with Gasteiger partial charge in [0.15, 0.2) is 5.75 Å². The number of nitro groups is 1. The quantitative estimate of drug-likeness (QED) is 0.454. The molecule has 0 unspecified atom stereocenters. The number of aromatic hydroxyl groups is 1. The van der Waals surface area contributed by atoms with Crippen LogP contribution in [0.2, 0.25) is 0 Å². The number of nitrogens with one attached hydrogen (secondary N) is 1. The number of hydrogen-bond donors (Lipinski definition) is 2. The van der Waals surface area contributed by atoms with E-state index in [9.17, 15) is 20.0 Å². The van der Waals surface area contributed by atoms with Crippen LogP contribution in [-0.2, 0) is 0 Å². The van der Waals surface area contributed by atoms with E-state index in [-0.39, 0.29) is 16.9 Å². The number of aromatic nitrogens is 1. The van der Waals surface area contributed by atoms with Crippen LogP contribution in [-0.4, -0.2) is 34.2 Å². The second-order valence-corrected chi connectivity index (χ2v) is 5.35. The number of carbonyl (C=O) groups is 1. The number of nitro benzene ring substituents is 1. The molecule has 1 aromatic heterocycles. The van der Waals surface area contributed by atoms with E-state index in [0.717, 1.165) is 6.07 Å². The summed E-state index contributed by atoms with van der Waals surface area (Å²) in [7, 11) is 1.27. The molecule has 2 rings (SSSR count). The Morgan fingerprint density at radius 2 is 2.21 bits per heavy atom. The SMILES string of the molecule is COc1cc(/C=N/NC(=O)c2cncc(Br)c2)cc([N+](=O)[O-])c1O. The molecule has 2 N–H and O–H groups in total. The maximum Gasteiger partial charge on any atom is 0.315 e. The molecule has 0 aliphatic rings. The largest absolute Gasteiger partial charge is 0.500 e. The van der Waals surface area contributed by atoms with E-state index in [4.69, 9.17) is 4.74 Å². The Bertz CT molecular complexity index is 825. The summed E-state index contributed by atoms with van der Waals surface area (Å²) in [6.07, 6.45) is 4.09. The lowest BCUT2D eigenvalue weighted by atomic mass is 10.2. The van der Waals surface area contributed by atoms with Gasteiger partial charge in [0.25, 0.3) is 5.91 Å². The molecule has 1 amide bonds. The number of benzene rings is 1. The van der Waals surface area contributed by atoms with Crippen LogP contribution in [0.5, 0.6) is 11.5 Å². The minimum atomic E-state index is -0.749. The fourth-order valence-electron chi connectivity index (χ4n) is 1.75. The minimum Gasteiger partial charge on any atom is -0.500 e. The summed E-state index contributed by atoms with van der Waals surface area (Å²) >= 11 is 3.20. The summed E-state index contributed by atoms with van der Waals surface area (Å²) in [5.74, 6) is -1.16. The predicted molar refractivity (Wildman–Crippen MR) is 88.3 cm³/mol. The van der Waals surface area contributed by atoms with Crippen molar-refractivity contribution < 1.29 is 19.6 Å². The molecule has 0 aliphatic heterocycles. The number of phenols is 1. The average molecular weight is 395 g/mol.